The minimum absolute atomic E-state index is 0.121. The number of pyridine rings is 1. The van der Waals surface area contributed by atoms with E-state index in [0.717, 1.165) is 0 Å². The van der Waals surface area contributed by atoms with Crippen molar-refractivity contribution in [2.45, 2.75) is 12.5 Å². The van der Waals surface area contributed by atoms with Gasteiger partial charge in [0.05, 0.1) is 24.1 Å². The number of amides is 1. The third kappa shape index (κ3) is 2.14. The molecule has 0 aliphatic carbocycles. The molecular weight excluding hydrogens is 283 g/mol. The van der Waals surface area contributed by atoms with Crippen molar-refractivity contribution in [1.82, 2.24) is 4.98 Å². The van der Waals surface area contributed by atoms with Gasteiger partial charge < -0.3 is 5.11 Å². The lowest BCUT2D eigenvalue weighted by atomic mass is 10.3. The molecule has 4 nitrogen and oxygen atoms in total. The van der Waals surface area contributed by atoms with E-state index < -0.39 is 6.10 Å². The summed E-state index contributed by atoms with van der Waals surface area (Å²) >= 11 is 9.05. The van der Waals surface area contributed by atoms with Gasteiger partial charge in [-0.1, -0.05) is 11.6 Å². The molecule has 2 rings (SSSR count). The molecule has 0 radical (unpaired) electrons. The summed E-state index contributed by atoms with van der Waals surface area (Å²) in [6.07, 6.45) is 1.02. The molecule has 1 atom stereocenters. The maximum atomic E-state index is 11.5. The van der Waals surface area contributed by atoms with Gasteiger partial charge in [-0.25, -0.2) is 4.98 Å². The average molecular weight is 292 g/mol. The average Bonchev–Trinajstić information content (AvgIpc) is 2.50. The molecule has 0 saturated carbocycles. The summed E-state index contributed by atoms with van der Waals surface area (Å²) in [5.74, 6) is 0.386. The Morgan fingerprint density at radius 2 is 2.40 bits per heavy atom. The van der Waals surface area contributed by atoms with Crippen LogP contribution in [-0.2, 0) is 4.79 Å². The van der Waals surface area contributed by atoms with E-state index in [2.05, 4.69) is 20.9 Å². The van der Waals surface area contributed by atoms with Gasteiger partial charge in [0.25, 0.3) is 0 Å². The van der Waals surface area contributed by atoms with Crippen LogP contribution in [0.2, 0.25) is 5.02 Å². The van der Waals surface area contributed by atoms with E-state index in [4.69, 9.17) is 11.6 Å². The van der Waals surface area contributed by atoms with E-state index in [1.807, 2.05) is 0 Å². The van der Waals surface area contributed by atoms with Crippen molar-refractivity contribution in [3.05, 3.63) is 21.8 Å². The zero-order valence-corrected chi connectivity index (χ0v) is 9.99. The van der Waals surface area contributed by atoms with Crippen LogP contribution in [-0.4, -0.2) is 28.6 Å². The van der Waals surface area contributed by atoms with Crippen LogP contribution in [0, 0.1) is 0 Å². The van der Waals surface area contributed by atoms with Gasteiger partial charge in [-0.15, -0.1) is 0 Å². The van der Waals surface area contributed by atoms with Gasteiger partial charge in [0.2, 0.25) is 5.91 Å². The molecule has 2 heterocycles. The summed E-state index contributed by atoms with van der Waals surface area (Å²) in [6, 6.07) is 1.66. The number of anilines is 1. The highest BCUT2D eigenvalue weighted by Crippen LogP contribution is 2.27. The quantitative estimate of drug-likeness (QED) is 0.855. The maximum Gasteiger partial charge on any atom is 0.230 e. The topological polar surface area (TPSA) is 53.4 Å². The third-order valence-electron chi connectivity index (χ3n) is 2.18. The summed E-state index contributed by atoms with van der Waals surface area (Å²) in [5, 5.41) is 9.82. The van der Waals surface area contributed by atoms with Crippen LogP contribution in [0.4, 0.5) is 5.82 Å². The summed E-state index contributed by atoms with van der Waals surface area (Å²) in [6.45, 7) is 0.292. The van der Waals surface area contributed by atoms with E-state index in [9.17, 15) is 9.90 Å². The Labute approximate surface area is 100.0 Å². The van der Waals surface area contributed by atoms with Crippen molar-refractivity contribution >= 4 is 39.3 Å². The Morgan fingerprint density at radius 3 is 2.93 bits per heavy atom. The smallest absolute Gasteiger partial charge is 0.230 e. The number of β-amino-alcohol motifs (C(OH)–C–C–N with tert-alkyl or cyclic N) is 1. The molecule has 1 aliphatic heterocycles. The van der Waals surface area contributed by atoms with Crippen LogP contribution in [0.3, 0.4) is 0 Å². The molecule has 1 amide bonds. The van der Waals surface area contributed by atoms with Gasteiger partial charge in [0.15, 0.2) is 0 Å². The largest absolute Gasteiger partial charge is 0.391 e. The number of hydrogen-bond donors (Lipinski definition) is 1. The lowest BCUT2D eigenvalue weighted by molar-refractivity contribution is -0.117. The zero-order chi connectivity index (χ0) is 11.0. The molecule has 1 saturated heterocycles. The first-order valence-electron chi connectivity index (χ1n) is 4.37. The molecule has 0 bridgehead atoms. The highest BCUT2D eigenvalue weighted by molar-refractivity contribution is 9.10. The van der Waals surface area contributed by atoms with Crippen LogP contribution in [0.1, 0.15) is 6.42 Å². The van der Waals surface area contributed by atoms with Gasteiger partial charge in [-0.3, -0.25) is 9.69 Å². The molecule has 15 heavy (non-hydrogen) atoms. The van der Waals surface area contributed by atoms with Gasteiger partial charge in [0.1, 0.15) is 5.82 Å². The number of nitrogens with zero attached hydrogens (tertiary/aromatic N) is 2. The Morgan fingerprint density at radius 1 is 1.67 bits per heavy atom. The number of aliphatic hydroxyl groups is 1. The Hall–Kier alpha value is -0.650. The second-order valence-corrected chi connectivity index (χ2v) is 4.58. The number of hydrogen-bond acceptors (Lipinski definition) is 3. The normalized spacial score (nSPS) is 21.1. The van der Waals surface area contributed by atoms with Crippen LogP contribution < -0.4 is 4.90 Å². The molecule has 0 spiro atoms. The number of aromatic nitrogens is 1. The summed E-state index contributed by atoms with van der Waals surface area (Å²) in [7, 11) is 0. The predicted molar refractivity (Wildman–Crippen MR) is 59.9 cm³/mol. The van der Waals surface area contributed by atoms with E-state index in [-0.39, 0.29) is 12.3 Å². The van der Waals surface area contributed by atoms with Crippen LogP contribution in [0.5, 0.6) is 0 Å². The maximum absolute atomic E-state index is 11.5. The number of aliphatic hydroxyl groups excluding tert-OH is 1. The Balaban J connectivity index is 2.30. The second-order valence-electron chi connectivity index (χ2n) is 3.32. The van der Waals surface area contributed by atoms with Crippen molar-refractivity contribution in [3.63, 3.8) is 0 Å². The molecule has 1 N–H and O–H groups in total. The fraction of sp³-hybridized carbons (Fsp3) is 0.333. The molecule has 80 valence electrons. The van der Waals surface area contributed by atoms with Gasteiger partial charge >= 0.3 is 0 Å². The molecular formula is C9H8BrClN2O2. The Bertz CT molecular complexity index is 413. The van der Waals surface area contributed by atoms with Gasteiger partial charge in [-0.05, 0) is 22.0 Å². The summed E-state index contributed by atoms with van der Waals surface area (Å²) in [5.41, 5.74) is 0. The fourth-order valence-electron chi connectivity index (χ4n) is 1.46. The molecule has 1 aliphatic rings. The van der Waals surface area contributed by atoms with Crippen molar-refractivity contribution < 1.29 is 9.90 Å². The zero-order valence-electron chi connectivity index (χ0n) is 7.65. The predicted octanol–water partition coefficient (Wildman–Crippen LogP) is 1.60. The number of carbonyl (C=O) groups excluding carboxylic acids is 1. The fourth-order valence-corrected chi connectivity index (χ4v) is 1.87. The minimum atomic E-state index is -0.603. The van der Waals surface area contributed by atoms with E-state index in [0.29, 0.717) is 21.9 Å². The summed E-state index contributed by atoms with van der Waals surface area (Å²) in [4.78, 5) is 16.9. The standard InChI is InChI=1S/C9H8BrClN2O2/c10-6-2-8(12-3-7(6)11)13-4-5(14)1-9(13)15/h2-3,5,14H,1,4H2. The van der Waals surface area contributed by atoms with Gasteiger partial charge in [0, 0.05) is 10.7 Å². The van der Waals surface area contributed by atoms with Crippen molar-refractivity contribution in [1.29, 1.82) is 0 Å². The first kappa shape index (κ1) is 10.9. The minimum Gasteiger partial charge on any atom is -0.391 e. The Kier molecular flexibility index (Phi) is 2.95. The first-order chi connectivity index (χ1) is 7.08. The van der Waals surface area contributed by atoms with Crippen LogP contribution in [0.15, 0.2) is 16.7 Å². The summed E-state index contributed by atoms with van der Waals surface area (Å²) < 4.78 is 0.684. The molecule has 0 aromatic carbocycles. The van der Waals surface area contributed by atoms with E-state index in [1.165, 1.54) is 11.1 Å². The lowest BCUT2D eigenvalue weighted by Crippen LogP contribution is -2.26. The first-order valence-corrected chi connectivity index (χ1v) is 5.54. The molecule has 1 fully saturated rings. The molecule has 6 heteroatoms. The molecule has 1 aromatic heterocycles. The van der Waals surface area contributed by atoms with Crippen molar-refractivity contribution in [3.8, 4) is 0 Å². The van der Waals surface area contributed by atoms with Crippen molar-refractivity contribution in [2.24, 2.45) is 0 Å². The number of halogens is 2. The van der Waals surface area contributed by atoms with Crippen molar-refractivity contribution in [2.75, 3.05) is 11.4 Å². The van der Waals surface area contributed by atoms with Crippen LogP contribution >= 0.6 is 27.5 Å². The van der Waals surface area contributed by atoms with E-state index in [1.54, 1.807) is 6.07 Å². The lowest BCUT2D eigenvalue weighted by Gasteiger charge is -2.14. The highest BCUT2D eigenvalue weighted by Gasteiger charge is 2.29. The SMILES string of the molecule is O=C1CC(O)CN1c1cc(Br)c(Cl)cn1. The third-order valence-corrected chi connectivity index (χ3v) is 3.36. The monoisotopic (exact) mass is 290 g/mol. The van der Waals surface area contributed by atoms with Crippen LogP contribution in [0.25, 0.3) is 0 Å². The van der Waals surface area contributed by atoms with Gasteiger partial charge in [-0.2, -0.15) is 0 Å². The second kappa shape index (κ2) is 4.08. The highest BCUT2D eigenvalue weighted by atomic mass is 79.9. The molecule has 1 unspecified atom stereocenters. The molecule has 1 aromatic rings. The number of carbonyl (C=O) groups is 1. The number of rotatable bonds is 1. The van der Waals surface area contributed by atoms with E-state index >= 15 is 0 Å².